The Kier molecular flexibility index (Phi) is 3.01. The molecule has 66 valence electrons. The van der Waals surface area contributed by atoms with Crippen molar-refractivity contribution in [3.8, 4) is 0 Å². The third-order valence-electron chi connectivity index (χ3n) is 1.66. The molecule has 0 aliphatic rings. The SMILES string of the molecule is Nc1cnccc1CC(N)CO. The van der Waals surface area contributed by atoms with Crippen molar-refractivity contribution < 1.29 is 5.11 Å². The van der Waals surface area contributed by atoms with Crippen LogP contribution >= 0.6 is 0 Å². The number of hydrogen-bond acceptors (Lipinski definition) is 4. The molecular weight excluding hydrogens is 154 g/mol. The molecule has 1 atom stereocenters. The van der Waals surface area contributed by atoms with Crippen molar-refractivity contribution in [3.05, 3.63) is 24.0 Å². The topological polar surface area (TPSA) is 85.2 Å². The normalized spacial score (nSPS) is 12.8. The smallest absolute Gasteiger partial charge is 0.0585 e. The van der Waals surface area contributed by atoms with Crippen LogP contribution in [0.25, 0.3) is 0 Å². The summed E-state index contributed by atoms with van der Waals surface area (Å²) in [5, 5.41) is 8.71. The number of nitrogens with zero attached hydrogens (tertiary/aromatic N) is 1. The standard InChI is InChI=1S/C8H13N3O/c9-7(5-12)3-6-1-2-11-4-8(6)10/h1-2,4,7,12H,3,5,9-10H2. The predicted molar refractivity (Wildman–Crippen MR) is 47.4 cm³/mol. The first-order chi connectivity index (χ1) is 5.74. The molecule has 1 heterocycles. The lowest BCUT2D eigenvalue weighted by molar-refractivity contribution is 0.265. The number of aromatic nitrogens is 1. The van der Waals surface area contributed by atoms with Crippen LogP contribution in [0.2, 0.25) is 0 Å². The molecule has 0 spiro atoms. The molecule has 0 amide bonds. The second kappa shape index (κ2) is 4.04. The summed E-state index contributed by atoms with van der Waals surface area (Å²) in [7, 11) is 0. The monoisotopic (exact) mass is 167 g/mol. The second-order valence-corrected chi connectivity index (χ2v) is 2.72. The fourth-order valence-electron chi connectivity index (χ4n) is 0.968. The maximum absolute atomic E-state index is 8.71. The van der Waals surface area contributed by atoms with Crippen molar-refractivity contribution in [2.75, 3.05) is 12.3 Å². The lowest BCUT2D eigenvalue weighted by Gasteiger charge is -2.09. The third kappa shape index (κ3) is 2.18. The van der Waals surface area contributed by atoms with E-state index in [1.54, 1.807) is 12.4 Å². The Morgan fingerprint density at radius 2 is 2.33 bits per heavy atom. The molecule has 12 heavy (non-hydrogen) atoms. The Balaban J connectivity index is 2.69. The van der Waals surface area contributed by atoms with Gasteiger partial charge in [-0.25, -0.2) is 0 Å². The first kappa shape index (κ1) is 8.96. The molecule has 0 radical (unpaired) electrons. The zero-order chi connectivity index (χ0) is 8.97. The number of aliphatic hydroxyl groups excluding tert-OH is 1. The van der Waals surface area contributed by atoms with Crippen molar-refractivity contribution in [2.45, 2.75) is 12.5 Å². The lowest BCUT2D eigenvalue weighted by atomic mass is 10.1. The highest BCUT2D eigenvalue weighted by atomic mass is 16.3. The summed E-state index contributed by atoms with van der Waals surface area (Å²) in [6.45, 7) is -0.0260. The molecule has 1 aromatic heterocycles. The Labute approximate surface area is 71.2 Å². The maximum Gasteiger partial charge on any atom is 0.0585 e. The van der Waals surface area contributed by atoms with Gasteiger partial charge in [0.25, 0.3) is 0 Å². The van der Waals surface area contributed by atoms with Crippen LogP contribution in [-0.2, 0) is 6.42 Å². The molecule has 4 heteroatoms. The van der Waals surface area contributed by atoms with Crippen molar-refractivity contribution >= 4 is 5.69 Å². The van der Waals surface area contributed by atoms with Crippen molar-refractivity contribution in [1.82, 2.24) is 4.98 Å². The van der Waals surface area contributed by atoms with E-state index in [4.69, 9.17) is 16.6 Å². The summed E-state index contributed by atoms with van der Waals surface area (Å²) < 4.78 is 0. The highest BCUT2D eigenvalue weighted by molar-refractivity contribution is 5.44. The molecule has 5 N–H and O–H groups in total. The average Bonchev–Trinajstić information content (AvgIpc) is 2.09. The van der Waals surface area contributed by atoms with Crippen LogP contribution in [0.4, 0.5) is 5.69 Å². The van der Waals surface area contributed by atoms with Gasteiger partial charge in [0.1, 0.15) is 0 Å². The van der Waals surface area contributed by atoms with Gasteiger partial charge in [-0.3, -0.25) is 4.98 Å². The molecule has 0 saturated carbocycles. The molecule has 0 saturated heterocycles. The van der Waals surface area contributed by atoms with Crippen molar-refractivity contribution in [2.24, 2.45) is 5.73 Å². The van der Waals surface area contributed by atoms with Gasteiger partial charge in [-0.15, -0.1) is 0 Å². The second-order valence-electron chi connectivity index (χ2n) is 2.72. The van der Waals surface area contributed by atoms with E-state index < -0.39 is 0 Å². The number of nitrogen functional groups attached to an aromatic ring is 1. The minimum absolute atomic E-state index is 0.0260. The Hall–Kier alpha value is -1.13. The lowest BCUT2D eigenvalue weighted by Crippen LogP contribution is -2.27. The molecule has 0 aliphatic heterocycles. The van der Waals surface area contributed by atoms with E-state index in [2.05, 4.69) is 4.98 Å². The molecule has 0 bridgehead atoms. The summed E-state index contributed by atoms with van der Waals surface area (Å²) in [6, 6.07) is 1.57. The molecule has 0 aliphatic carbocycles. The molecule has 1 unspecified atom stereocenters. The van der Waals surface area contributed by atoms with Crippen LogP contribution in [0.15, 0.2) is 18.5 Å². The van der Waals surface area contributed by atoms with E-state index in [0.29, 0.717) is 12.1 Å². The zero-order valence-corrected chi connectivity index (χ0v) is 6.77. The predicted octanol–water partition coefficient (Wildman–Crippen LogP) is -0.474. The Bertz CT molecular complexity index is 252. The first-order valence-electron chi connectivity index (χ1n) is 3.79. The van der Waals surface area contributed by atoms with Crippen LogP contribution in [0.3, 0.4) is 0 Å². The van der Waals surface area contributed by atoms with E-state index in [-0.39, 0.29) is 12.6 Å². The summed E-state index contributed by atoms with van der Waals surface area (Å²) in [5.74, 6) is 0. The number of nitrogens with two attached hydrogens (primary N) is 2. The van der Waals surface area contributed by atoms with Gasteiger partial charge >= 0.3 is 0 Å². The summed E-state index contributed by atoms with van der Waals surface area (Å²) >= 11 is 0. The molecular formula is C8H13N3O. The zero-order valence-electron chi connectivity index (χ0n) is 6.77. The fraction of sp³-hybridized carbons (Fsp3) is 0.375. The van der Waals surface area contributed by atoms with Crippen LogP contribution < -0.4 is 11.5 Å². The summed E-state index contributed by atoms with van der Waals surface area (Å²) in [5.41, 5.74) is 12.7. The number of rotatable bonds is 3. The van der Waals surface area contributed by atoms with Gasteiger partial charge in [-0.2, -0.15) is 0 Å². The van der Waals surface area contributed by atoms with Gasteiger partial charge in [-0.1, -0.05) is 0 Å². The van der Waals surface area contributed by atoms with Crippen molar-refractivity contribution in [3.63, 3.8) is 0 Å². The van der Waals surface area contributed by atoms with Gasteiger partial charge in [0.05, 0.1) is 18.5 Å². The van der Waals surface area contributed by atoms with Gasteiger partial charge in [-0.05, 0) is 18.1 Å². The number of hydrogen-bond donors (Lipinski definition) is 3. The van der Waals surface area contributed by atoms with E-state index >= 15 is 0 Å². The molecule has 0 aromatic carbocycles. The minimum atomic E-state index is -0.241. The number of pyridine rings is 1. The van der Waals surface area contributed by atoms with Gasteiger partial charge < -0.3 is 16.6 Å². The summed E-state index contributed by atoms with van der Waals surface area (Å²) in [6.07, 6.45) is 3.83. The minimum Gasteiger partial charge on any atom is -0.397 e. The third-order valence-corrected chi connectivity index (χ3v) is 1.66. The molecule has 1 rings (SSSR count). The quantitative estimate of drug-likeness (QED) is 0.568. The Morgan fingerprint density at radius 3 is 2.92 bits per heavy atom. The largest absolute Gasteiger partial charge is 0.397 e. The Morgan fingerprint density at radius 1 is 1.58 bits per heavy atom. The van der Waals surface area contributed by atoms with E-state index in [9.17, 15) is 0 Å². The average molecular weight is 167 g/mol. The molecule has 0 fully saturated rings. The molecule has 4 nitrogen and oxygen atoms in total. The van der Waals surface area contributed by atoms with Gasteiger partial charge in [0.15, 0.2) is 0 Å². The first-order valence-corrected chi connectivity index (χ1v) is 3.79. The van der Waals surface area contributed by atoms with E-state index in [0.717, 1.165) is 5.56 Å². The summed E-state index contributed by atoms with van der Waals surface area (Å²) in [4.78, 5) is 3.85. The van der Waals surface area contributed by atoms with Gasteiger partial charge in [0.2, 0.25) is 0 Å². The number of anilines is 1. The van der Waals surface area contributed by atoms with E-state index in [1.165, 1.54) is 0 Å². The number of aliphatic hydroxyl groups is 1. The van der Waals surface area contributed by atoms with E-state index in [1.807, 2.05) is 6.07 Å². The highest BCUT2D eigenvalue weighted by Crippen LogP contribution is 2.09. The van der Waals surface area contributed by atoms with Crippen LogP contribution in [0, 0.1) is 0 Å². The highest BCUT2D eigenvalue weighted by Gasteiger charge is 2.04. The van der Waals surface area contributed by atoms with Crippen LogP contribution in [-0.4, -0.2) is 22.7 Å². The van der Waals surface area contributed by atoms with Crippen LogP contribution in [0.5, 0.6) is 0 Å². The molecule has 1 aromatic rings. The fourth-order valence-corrected chi connectivity index (χ4v) is 0.968. The maximum atomic E-state index is 8.71. The van der Waals surface area contributed by atoms with Crippen LogP contribution in [0.1, 0.15) is 5.56 Å². The van der Waals surface area contributed by atoms with Crippen molar-refractivity contribution in [1.29, 1.82) is 0 Å². The van der Waals surface area contributed by atoms with Gasteiger partial charge in [0, 0.05) is 12.2 Å².